The van der Waals surface area contributed by atoms with Crippen LogP contribution in [0.1, 0.15) is 17.5 Å². The molecule has 140 valence electrons. The number of nitrogens with one attached hydrogen (secondary N) is 1. The third-order valence-electron chi connectivity index (χ3n) is 5.04. The molecule has 2 unspecified atom stereocenters. The van der Waals surface area contributed by atoms with E-state index >= 15 is 0 Å². The molecule has 1 heterocycles. The molecule has 0 aromatic heterocycles. The second-order valence-electron chi connectivity index (χ2n) is 6.89. The average Bonchev–Trinajstić information content (AvgIpc) is 3.14. The van der Waals surface area contributed by atoms with Crippen LogP contribution in [0.5, 0.6) is 0 Å². The van der Waals surface area contributed by atoms with E-state index in [9.17, 15) is 13.2 Å². The molecule has 0 radical (unpaired) electrons. The quantitative estimate of drug-likeness (QED) is 0.785. The van der Waals surface area contributed by atoms with Crippen LogP contribution in [-0.4, -0.2) is 12.6 Å². The van der Waals surface area contributed by atoms with Gasteiger partial charge in [0.2, 0.25) is 0 Å². The molecule has 2 atom stereocenters. The SMILES string of the molecule is FC(F)(F)c1cc(COC2=CC3CCNC3C=C2)ccc1-c1ccccc1. The summed E-state index contributed by atoms with van der Waals surface area (Å²) in [5, 5.41) is 3.39. The first-order chi connectivity index (χ1) is 13.0. The number of allylic oxidation sites excluding steroid dienone is 1. The van der Waals surface area contributed by atoms with E-state index in [1.807, 2.05) is 6.08 Å². The van der Waals surface area contributed by atoms with Crippen LogP contribution in [0.3, 0.4) is 0 Å². The van der Waals surface area contributed by atoms with Crippen LogP contribution < -0.4 is 5.32 Å². The standard InChI is InChI=1S/C22H20F3NO/c23-22(24,25)20-12-15(6-8-19(20)16-4-2-1-3-5-16)14-27-18-7-9-21-17(13-18)10-11-26-21/h1-9,12-13,17,21,26H,10-11,14H2. The summed E-state index contributed by atoms with van der Waals surface area (Å²) < 4.78 is 46.5. The van der Waals surface area contributed by atoms with E-state index in [1.54, 1.807) is 36.4 Å². The minimum Gasteiger partial charge on any atom is -0.489 e. The third kappa shape index (κ3) is 3.93. The van der Waals surface area contributed by atoms with Gasteiger partial charge < -0.3 is 10.1 Å². The van der Waals surface area contributed by atoms with E-state index in [2.05, 4.69) is 17.5 Å². The minimum atomic E-state index is -4.42. The number of halogens is 3. The minimum absolute atomic E-state index is 0.110. The summed E-state index contributed by atoms with van der Waals surface area (Å²) in [6, 6.07) is 13.4. The second-order valence-corrected chi connectivity index (χ2v) is 6.89. The molecule has 1 N–H and O–H groups in total. The smallest absolute Gasteiger partial charge is 0.417 e. The number of alkyl halides is 3. The van der Waals surface area contributed by atoms with E-state index in [-0.39, 0.29) is 12.2 Å². The lowest BCUT2D eigenvalue weighted by molar-refractivity contribution is -0.137. The molecule has 0 bridgehead atoms. The molecule has 2 aromatic carbocycles. The van der Waals surface area contributed by atoms with E-state index in [0.717, 1.165) is 18.7 Å². The number of fused-ring (bicyclic) bond motifs is 1. The summed E-state index contributed by atoms with van der Waals surface area (Å²) in [4.78, 5) is 0. The van der Waals surface area contributed by atoms with Crippen molar-refractivity contribution in [2.75, 3.05) is 6.54 Å². The zero-order chi connectivity index (χ0) is 18.9. The Balaban J connectivity index is 1.55. The molecule has 1 fully saturated rings. The number of hydrogen-bond acceptors (Lipinski definition) is 2. The molecule has 0 saturated carbocycles. The molecule has 0 amide bonds. The zero-order valence-corrected chi connectivity index (χ0v) is 14.7. The first-order valence-electron chi connectivity index (χ1n) is 9.02. The summed E-state index contributed by atoms with van der Waals surface area (Å²) in [6.07, 6.45) is 2.64. The van der Waals surface area contributed by atoms with Crippen LogP contribution in [0.15, 0.2) is 72.5 Å². The van der Waals surface area contributed by atoms with Gasteiger partial charge in [0.1, 0.15) is 12.4 Å². The van der Waals surface area contributed by atoms with Crippen LogP contribution in [0.2, 0.25) is 0 Å². The van der Waals surface area contributed by atoms with Gasteiger partial charge in [0.05, 0.1) is 5.56 Å². The Hall–Kier alpha value is -2.53. The molecule has 2 nitrogen and oxygen atoms in total. The second kappa shape index (κ2) is 7.24. The number of rotatable bonds is 4. The van der Waals surface area contributed by atoms with Gasteiger partial charge in [-0.3, -0.25) is 0 Å². The van der Waals surface area contributed by atoms with Crippen molar-refractivity contribution in [2.24, 2.45) is 5.92 Å². The van der Waals surface area contributed by atoms with E-state index in [0.29, 0.717) is 23.1 Å². The van der Waals surface area contributed by atoms with Crippen molar-refractivity contribution in [3.63, 3.8) is 0 Å². The molecular formula is C22H20F3NO. The molecule has 1 saturated heterocycles. The van der Waals surface area contributed by atoms with Crippen LogP contribution in [0, 0.1) is 5.92 Å². The predicted octanol–water partition coefficient (Wildman–Crippen LogP) is 5.32. The molecule has 27 heavy (non-hydrogen) atoms. The molecule has 1 aliphatic carbocycles. The van der Waals surface area contributed by atoms with Crippen molar-refractivity contribution in [2.45, 2.75) is 25.2 Å². The summed E-state index contributed by atoms with van der Waals surface area (Å²) in [6.45, 7) is 1.08. The maximum atomic E-state index is 13.6. The van der Waals surface area contributed by atoms with Crippen LogP contribution in [-0.2, 0) is 17.5 Å². The topological polar surface area (TPSA) is 21.3 Å². The van der Waals surface area contributed by atoms with Crippen molar-refractivity contribution in [1.82, 2.24) is 5.32 Å². The van der Waals surface area contributed by atoms with Crippen LogP contribution in [0.25, 0.3) is 11.1 Å². The Labute approximate surface area is 156 Å². The lowest BCUT2D eigenvalue weighted by Gasteiger charge is -2.19. The fraction of sp³-hybridized carbons (Fsp3) is 0.273. The zero-order valence-electron chi connectivity index (χ0n) is 14.7. The van der Waals surface area contributed by atoms with Crippen molar-refractivity contribution < 1.29 is 17.9 Å². The lowest BCUT2D eigenvalue weighted by atomic mass is 9.95. The average molecular weight is 371 g/mol. The molecule has 2 aliphatic rings. The number of ether oxygens (including phenoxy) is 1. The van der Waals surface area contributed by atoms with Crippen LogP contribution in [0.4, 0.5) is 13.2 Å². The van der Waals surface area contributed by atoms with E-state index in [1.165, 1.54) is 12.1 Å². The van der Waals surface area contributed by atoms with Crippen molar-refractivity contribution >= 4 is 0 Å². The highest BCUT2D eigenvalue weighted by atomic mass is 19.4. The highest BCUT2D eigenvalue weighted by molar-refractivity contribution is 5.68. The Bertz CT molecular complexity index is 871. The van der Waals surface area contributed by atoms with Gasteiger partial charge in [-0.1, -0.05) is 48.5 Å². The molecule has 1 aliphatic heterocycles. The third-order valence-corrected chi connectivity index (χ3v) is 5.04. The van der Waals surface area contributed by atoms with Crippen molar-refractivity contribution in [1.29, 1.82) is 0 Å². The van der Waals surface area contributed by atoms with Gasteiger partial charge in [0.15, 0.2) is 0 Å². The Kier molecular flexibility index (Phi) is 4.79. The summed E-state index contributed by atoms with van der Waals surface area (Å²) >= 11 is 0. The maximum Gasteiger partial charge on any atom is 0.417 e. The number of hydrogen-bond donors (Lipinski definition) is 1. The molecule has 5 heteroatoms. The van der Waals surface area contributed by atoms with E-state index in [4.69, 9.17) is 4.74 Å². The highest BCUT2D eigenvalue weighted by Gasteiger charge is 2.34. The Morgan fingerprint density at radius 2 is 1.89 bits per heavy atom. The fourth-order valence-electron chi connectivity index (χ4n) is 3.66. The summed E-state index contributed by atoms with van der Waals surface area (Å²) in [5.41, 5.74) is 0.601. The highest BCUT2D eigenvalue weighted by Crippen LogP contribution is 2.38. The van der Waals surface area contributed by atoms with Gasteiger partial charge in [-0.2, -0.15) is 13.2 Å². The Morgan fingerprint density at radius 1 is 1.07 bits per heavy atom. The normalized spacial score (nSPS) is 21.7. The molecule has 2 aromatic rings. The Morgan fingerprint density at radius 3 is 2.67 bits per heavy atom. The van der Waals surface area contributed by atoms with E-state index < -0.39 is 11.7 Å². The largest absolute Gasteiger partial charge is 0.489 e. The van der Waals surface area contributed by atoms with Crippen molar-refractivity contribution in [3.8, 4) is 11.1 Å². The van der Waals surface area contributed by atoms with Gasteiger partial charge in [-0.15, -0.1) is 0 Å². The van der Waals surface area contributed by atoms with Gasteiger partial charge in [0.25, 0.3) is 0 Å². The molecular weight excluding hydrogens is 351 g/mol. The van der Waals surface area contributed by atoms with Crippen LogP contribution >= 0.6 is 0 Å². The maximum absolute atomic E-state index is 13.6. The van der Waals surface area contributed by atoms with Gasteiger partial charge >= 0.3 is 6.18 Å². The summed E-state index contributed by atoms with van der Waals surface area (Å²) in [5.74, 6) is 1.12. The number of benzene rings is 2. The summed E-state index contributed by atoms with van der Waals surface area (Å²) in [7, 11) is 0. The van der Waals surface area contributed by atoms with Crippen molar-refractivity contribution in [3.05, 3.63) is 83.6 Å². The predicted molar refractivity (Wildman–Crippen MR) is 98.8 cm³/mol. The van der Waals surface area contributed by atoms with Gasteiger partial charge in [-0.05, 0) is 47.9 Å². The lowest BCUT2D eigenvalue weighted by Crippen LogP contribution is -2.25. The first kappa shape index (κ1) is 17.9. The monoisotopic (exact) mass is 371 g/mol. The molecule has 4 rings (SSSR count). The van der Waals surface area contributed by atoms with Gasteiger partial charge in [0, 0.05) is 12.0 Å². The fourth-order valence-corrected chi connectivity index (χ4v) is 3.66. The van der Waals surface area contributed by atoms with Gasteiger partial charge in [-0.25, -0.2) is 0 Å². The first-order valence-corrected chi connectivity index (χ1v) is 9.02. The molecule has 0 spiro atoms.